The van der Waals surface area contributed by atoms with Gasteiger partial charge in [0.2, 0.25) is 0 Å². The lowest BCUT2D eigenvalue weighted by Gasteiger charge is -1.93. The molecule has 1 aromatic rings. The van der Waals surface area contributed by atoms with Crippen molar-refractivity contribution in [1.82, 2.24) is 0 Å². The van der Waals surface area contributed by atoms with Crippen LogP contribution in [0.5, 0.6) is 5.75 Å². The largest absolute Gasteiger partial charge is 0.497 e. The highest BCUT2D eigenvalue weighted by Crippen LogP contribution is 2.05. The summed E-state index contributed by atoms with van der Waals surface area (Å²) in [6.45, 7) is 0. The summed E-state index contributed by atoms with van der Waals surface area (Å²) in [6.07, 6.45) is -0.806. The number of carbonyl (C=O) groups is 2. The quantitative estimate of drug-likeness (QED) is 0.736. The van der Waals surface area contributed by atoms with Gasteiger partial charge in [-0.2, -0.15) is 0 Å². The number of carboxylic acids is 2. The lowest BCUT2D eigenvalue weighted by atomic mass is 10.3. The van der Waals surface area contributed by atoms with Gasteiger partial charge in [-0.15, -0.1) is 0 Å². The molecule has 0 fully saturated rings. The summed E-state index contributed by atoms with van der Waals surface area (Å²) in [5.74, 6) is -1.72. The molecular weight excluding hydrogens is 200 g/mol. The van der Waals surface area contributed by atoms with E-state index >= 15 is 0 Å². The maximum absolute atomic E-state index is 9.43. The van der Waals surface area contributed by atoms with E-state index in [4.69, 9.17) is 14.9 Å². The van der Waals surface area contributed by atoms with Gasteiger partial charge in [-0.05, 0) is 12.1 Å². The minimum Gasteiger partial charge on any atom is -0.497 e. The average Bonchev–Trinajstić information content (AvgIpc) is 2.18. The number of aliphatic carboxylic acids is 2. The van der Waals surface area contributed by atoms with E-state index in [9.17, 15) is 9.59 Å². The summed E-state index contributed by atoms with van der Waals surface area (Å²) < 4.78 is 4.91. The molecule has 0 aliphatic heterocycles. The van der Waals surface area contributed by atoms with Crippen molar-refractivity contribution >= 4 is 11.9 Å². The highest BCUT2D eigenvalue weighted by Gasteiger charge is 2.01. The van der Waals surface area contributed by atoms with Crippen LogP contribution in [0.2, 0.25) is 0 Å². The van der Waals surface area contributed by atoms with Crippen molar-refractivity contribution in [2.24, 2.45) is 0 Å². The zero-order valence-electron chi connectivity index (χ0n) is 8.21. The molecular formula is C10H12O5. The van der Waals surface area contributed by atoms with Gasteiger partial charge in [0.15, 0.2) is 0 Å². The molecule has 15 heavy (non-hydrogen) atoms. The van der Waals surface area contributed by atoms with Crippen LogP contribution in [0, 0.1) is 0 Å². The third-order valence-corrected chi connectivity index (χ3v) is 1.28. The van der Waals surface area contributed by atoms with Crippen molar-refractivity contribution in [2.75, 3.05) is 7.11 Å². The first kappa shape index (κ1) is 13.0. The van der Waals surface area contributed by atoms with Crippen molar-refractivity contribution in [1.29, 1.82) is 0 Å². The van der Waals surface area contributed by atoms with Gasteiger partial charge in [0.1, 0.15) is 12.2 Å². The van der Waals surface area contributed by atoms with Gasteiger partial charge >= 0.3 is 11.9 Å². The minimum atomic E-state index is -1.31. The van der Waals surface area contributed by atoms with Crippen molar-refractivity contribution in [2.45, 2.75) is 6.42 Å². The fourth-order valence-corrected chi connectivity index (χ4v) is 0.686. The Morgan fingerprint density at radius 3 is 1.80 bits per heavy atom. The molecule has 0 unspecified atom stereocenters. The molecule has 0 aliphatic carbocycles. The predicted molar refractivity (Wildman–Crippen MR) is 52.9 cm³/mol. The smallest absolute Gasteiger partial charge is 0.314 e. The Hall–Kier alpha value is -2.04. The molecule has 0 saturated carbocycles. The lowest BCUT2D eigenvalue weighted by molar-refractivity contribution is -0.147. The zero-order chi connectivity index (χ0) is 11.7. The molecule has 82 valence electrons. The highest BCUT2D eigenvalue weighted by molar-refractivity contribution is 5.88. The molecule has 0 radical (unpaired) electrons. The van der Waals surface area contributed by atoms with Crippen LogP contribution in [0.1, 0.15) is 6.42 Å². The molecule has 0 spiro atoms. The molecule has 0 aromatic heterocycles. The van der Waals surface area contributed by atoms with Crippen molar-refractivity contribution in [3.63, 3.8) is 0 Å². The number of para-hydroxylation sites is 1. The Kier molecular flexibility index (Phi) is 6.37. The second kappa shape index (κ2) is 7.37. The topological polar surface area (TPSA) is 83.8 Å². The van der Waals surface area contributed by atoms with Gasteiger partial charge in [-0.25, -0.2) is 0 Å². The second-order valence-electron chi connectivity index (χ2n) is 2.48. The summed E-state index contributed by atoms with van der Waals surface area (Å²) in [7, 11) is 1.66. The van der Waals surface area contributed by atoms with Crippen molar-refractivity contribution < 1.29 is 24.5 Å². The Labute approximate surface area is 86.9 Å². The van der Waals surface area contributed by atoms with Crippen LogP contribution in [0.15, 0.2) is 30.3 Å². The number of ether oxygens (including phenoxy) is 1. The lowest BCUT2D eigenvalue weighted by Crippen LogP contribution is -2.03. The minimum absolute atomic E-state index is 0.806. The van der Waals surface area contributed by atoms with Gasteiger partial charge in [0.25, 0.3) is 0 Å². The number of benzene rings is 1. The molecule has 1 rings (SSSR count). The van der Waals surface area contributed by atoms with Crippen LogP contribution in [0.3, 0.4) is 0 Å². The number of rotatable bonds is 3. The molecule has 0 atom stereocenters. The normalized spacial score (nSPS) is 8.33. The van der Waals surface area contributed by atoms with E-state index in [0.29, 0.717) is 0 Å². The van der Waals surface area contributed by atoms with Gasteiger partial charge < -0.3 is 14.9 Å². The molecule has 0 bridgehead atoms. The van der Waals surface area contributed by atoms with E-state index < -0.39 is 18.4 Å². The predicted octanol–water partition coefficient (Wildman–Crippen LogP) is 1.24. The van der Waals surface area contributed by atoms with Gasteiger partial charge in [-0.1, -0.05) is 18.2 Å². The van der Waals surface area contributed by atoms with Crippen molar-refractivity contribution in [3.05, 3.63) is 30.3 Å². The number of hydrogen-bond donors (Lipinski definition) is 2. The summed E-state index contributed by atoms with van der Waals surface area (Å²) >= 11 is 0. The zero-order valence-corrected chi connectivity index (χ0v) is 8.21. The fraction of sp³-hybridized carbons (Fsp3) is 0.200. The van der Waals surface area contributed by atoms with Gasteiger partial charge in [-0.3, -0.25) is 9.59 Å². The summed E-state index contributed by atoms with van der Waals surface area (Å²) in [4.78, 5) is 18.9. The van der Waals surface area contributed by atoms with E-state index in [0.717, 1.165) is 5.75 Å². The van der Waals surface area contributed by atoms with Gasteiger partial charge in [0.05, 0.1) is 7.11 Å². The molecule has 5 heteroatoms. The highest BCUT2D eigenvalue weighted by atomic mass is 16.5. The molecule has 5 nitrogen and oxygen atoms in total. The van der Waals surface area contributed by atoms with E-state index in [1.807, 2.05) is 30.3 Å². The fourth-order valence-electron chi connectivity index (χ4n) is 0.686. The second-order valence-corrected chi connectivity index (χ2v) is 2.48. The Morgan fingerprint density at radius 2 is 1.60 bits per heavy atom. The van der Waals surface area contributed by atoms with Crippen LogP contribution in [-0.4, -0.2) is 29.3 Å². The number of hydrogen-bond acceptors (Lipinski definition) is 3. The third-order valence-electron chi connectivity index (χ3n) is 1.28. The maximum Gasteiger partial charge on any atom is 0.314 e. The Balaban J connectivity index is 0.000000265. The van der Waals surface area contributed by atoms with E-state index in [1.54, 1.807) is 7.11 Å². The summed E-state index contributed by atoms with van der Waals surface area (Å²) in [5.41, 5.74) is 0. The molecule has 2 N–H and O–H groups in total. The first-order valence-corrected chi connectivity index (χ1v) is 4.09. The van der Waals surface area contributed by atoms with E-state index in [-0.39, 0.29) is 0 Å². The first-order chi connectivity index (χ1) is 7.06. The van der Waals surface area contributed by atoms with Crippen LogP contribution in [0.4, 0.5) is 0 Å². The molecule has 0 amide bonds. The standard InChI is InChI=1S/C7H8O.C3H4O4/c1-8-7-5-3-2-4-6-7;4-2(5)1-3(6)7/h2-6H,1H3;1H2,(H,4,5)(H,6,7). The van der Waals surface area contributed by atoms with Crippen LogP contribution >= 0.6 is 0 Å². The average molecular weight is 212 g/mol. The molecule has 1 aromatic carbocycles. The number of carboxylic acid groups (broad SMARTS) is 2. The number of methoxy groups -OCH3 is 1. The SMILES string of the molecule is COc1ccccc1.O=C(O)CC(=O)O. The molecule has 0 aliphatic rings. The van der Waals surface area contributed by atoms with Crippen LogP contribution < -0.4 is 4.74 Å². The first-order valence-electron chi connectivity index (χ1n) is 4.09. The van der Waals surface area contributed by atoms with Crippen LogP contribution in [0.25, 0.3) is 0 Å². The third kappa shape index (κ3) is 8.29. The Bertz CT molecular complexity index is 295. The van der Waals surface area contributed by atoms with Crippen LogP contribution in [-0.2, 0) is 9.59 Å². The monoisotopic (exact) mass is 212 g/mol. The summed E-state index contributed by atoms with van der Waals surface area (Å²) in [6, 6.07) is 9.68. The molecule has 0 saturated heterocycles. The van der Waals surface area contributed by atoms with E-state index in [1.165, 1.54) is 0 Å². The van der Waals surface area contributed by atoms with E-state index in [2.05, 4.69) is 0 Å². The summed E-state index contributed by atoms with van der Waals surface area (Å²) in [5, 5.41) is 15.4. The Morgan fingerprint density at radius 1 is 1.13 bits per heavy atom. The maximum atomic E-state index is 9.43. The van der Waals surface area contributed by atoms with Crippen molar-refractivity contribution in [3.8, 4) is 5.75 Å². The van der Waals surface area contributed by atoms with Gasteiger partial charge in [0, 0.05) is 0 Å². The molecule has 0 heterocycles.